The number of benzene rings is 1. The van der Waals surface area contributed by atoms with E-state index in [0.29, 0.717) is 6.42 Å². The summed E-state index contributed by atoms with van der Waals surface area (Å²) < 4.78 is 0. The number of rotatable bonds is 3. The van der Waals surface area contributed by atoms with E-state index in [1.807, 2.05) is 19.1 Å². The minimum Gasteiger partial charge on any atom is -0.290 e. The summed E-state index contributed by atoms with van der Waals surface area (Å²) in [5.41, 5.74) is 3.34. The van der Waals surface area contributed by atoms with E-state index in [1.165, 1.54) is 5.56 Å². The highest BCUT2D eigenvalue weighted by Crippen LogP contribution is 2.22. The number of aromatic nitrogens is 2. The van der Waals surface area contributed by atoms with Crippen LogP contribution >= 0.6 is 0 Å². The van der Waals surface area contributed by atoms with Crippen molar-refractivity contribution in [1.29, 1.82) is 0 Å². The Labute approximate surface area is 120 Å². The Morgan fingerprint density at radius 2 is 1.60 bits per heavy atom. The Morgan fingerprint density at radius 1 is 1.05 bits per heavy atom. The summed E-state index contributed by atoms with van der Waals surface area (Å²) in [5, 5.41) is 0. The molecule has 104 valence electrons. The lowest BCUT2D eigenvalue weighted by Gasteiger charge is -2.19. The van der Waals surface area contributed by atoms with Gasteiger partial charge < -0.3 is 0 Å². The molecule has 1 heterocycles. The van der Waals surface area contributed by atoms with E-state index >= 15 is 0 Å². The van der Waals surface area contributed by atoms with Gasteiger partial charge in [0.25, 0.3) is 0 Å². The van der Waals surface area contributed by atoms with Crippen LogP contribution < -0.4 is 0 Å². The van der Waals surface area contributed by atoms with Gasteiger partial charge in [-0.2, -0.15) is 0 Å². The minimum atomic E-state index is -0.0477. The number of nitrogens with zero attached hydrogens (tertiary/aromatic N) is 2. The zero-order chi connectivity index (χ0) is 14.8. The predicted octanol–water partition coefficient (Wildman–Crippen LogP) is 3.51. The Kier molecular flexibility index (Phi) is 3.98. The molecule has 2 aromatic rings. The summed E-state index contributed by atoms with van der Waals surface area (Å²) >= 11 is 0. The van der Waals surface area contributed by atoms with Crippen LogP contribution in [-0.2, 0) is 11.8 Å². The molecule has 0 saturated heterocycles. The van der Waals surface area contributed by atoms with Crippen molar-refractivity contribution < 1.29 is 4.79 Å². The molecule has 0 N–H and O–H groups in total. The van der Waals surface area contributed by atoms with Crippen LogP contribution in [0.15, 0.2) is 36.7 Å². The van der Waals surface area contributed by atoms with E-state index in [0.717, 1.165) is 11.1 Å². The van der Waals surface area contributed by atoms with Crippen LogP contribution in [0.5, 0.6) is 0 Å². The molecular weight excluding hydrogens is 248 g/mol. The van der Waals surface area contributed by atoms with Crippen LogP contribution in [0, 0.1) is 6.92 Å². The van der Waals surface area contributed by atoms with Crippen LogP contribution in [-0.4, -0.2) is 15.8 Å². The molecule has 1 aromatic heterocycles. The molecule has 3 nitrogen and oxygen atoms in total. The molecule has 0 atom stereocenters. The summed E-state index contributed by atoms with van der Waals surface area (Å²) in [4.78, 5) is 20.2. The molecule has 0 radical (unpaired) electrons. The second-order valence-corrected chi connectivity index (χ2v) is 6.13. The molecule has 0 fully saturated rings. The van der Waals surface area contributed by atoms with Gasteiger partial charge in [0, 0.05) is 18.8 Å². The maximum absolute atomic E-state index is 12.1. The van der Waals surface area contributed by atoms with Gasteiger partial charge in [-0.25, -0.2) is 9.97 Å². The SMILES string of the molecule is Cc1cnc(C(=O)Cc2ccc(C(C)(C)C)cc2)nc1. The average Bonchev–Trinajstić information content (AvgIpc) is 2.39. The van der Waals surface area contributed by atoms with Gasteiger partial charge in [0.05, 0.1) is 0 Å². The number of aryl methyl sites for hydroxylation is 1. The highest BCUT2D eigenvalue weighted by molar-refractivity contribution is 5.94. The van der Waals surface area contributed by atoms with Gasteiger partial charge in [0.1, 0.15) is 0 Å². The smallest absolute Gasteiger partial charge is 0.204 e. The van der Waals surface area contributed by atoms with Crippen molar-refractivity contribution in [3.05, 3.63) is 59.2 Å². The first-order valence-electron chi connectivity index (χ1n) is 6.77. The molecule has 0 spiro atoms. The predicted molar refractivity (Wildman–Crippen MR) is 79.9 cm³/mol. The molecule has 0 saturated carbocycles. The third-order valence-electron chi connectivity index (χ3n) is 3.21. The molecule has 3 heteroatoms. The van der Waals surface area contributed by atoms with Crippen LogP contribution in [0.1, 0.15) is 48.1 Å². The lowest BCUT2D eigenvalue weighted by Crippen LogP contribution is -2.12. The summed E-state index contributed by atoms with van der Waals surface area (Å²) in [6, 6.07) is 8.18. The van der Waals surface area contributed by atoms with Gasteiger partial charge in [-0.05, 0) is 29.0 Å². The van der Waals surface area contributed by atoms with E-state index in [1.54, 1.807) is 12.4 Å². The number of hydrogen-bond acceptors (Lipinski definition) is 3. The standard InChI is InChI=1S/C17H20N2O/c1-12-10-18-16(19-11-12)15(20)9-13-5-7-14(8-6-13)17(2,3)4/h5-8,10-11H,9H2,1-4H3. The van der Waals surface area contributed by atoms with Crippen molar-refractivity contribution in [3.63, 3.8) is 0 Å². The molecule has 1 aromatic carbocycles. The van der Waals surface area contributed by atoms with E-state index < -0.39 is 0 Å². The summed E-state index contributed by atoms with van der Waals surface area (Å²) in [6.07, 6.45) is 3.68. The van der Waals surface area contributed by atoms with Crippen molar-refractivity contribution in [2.24, 2.45) is 0 Å². The third kappa shape index (κ3) is 3.50. The van der Waals surface area contributed by atoms with Crippen molar-refractivity contribution in [1.82, 2.24) is 9.97 Å². The molecule has 0 aliphatic heterocycles. The van der Waals surface area contributed by atoms with Gasteiger partial charge >= 0.3 is 0 Å². The molecule has 0 amide bonds. The Morgan fingerprint density at radius 3 is 2.10 bits per heavy atom. The molecule has 0 bridgehead atoms. The number of Topliss-reactive ketones (excluding diaryl/α,β-unsaturated/α-hetero) is 1. The van der Waals surface area contributed by atoms with Crippen LogP contribution in [0.4, 0.5) is 0 Å². The van der Waals surface area contributed by atoms with Crippen molar-refractivity contribution >= 4 is 5.78 Å². The minimum absolute atomic E-state index is 0.0477. The third-order valence-corrected chi connectivity index (χ3v) is 3.21. The monoisotopic (exact) mass is 268 g/mol. The average molecular weight is 268 g/mol. The first-order valence-corrected chi connectivity index (χ1v) is 6.77. The number of hydrogen-bond donors (Lipinski definition) is 0. The van der Waals surface area contributed by atoms with E-state index in [-0.39, 0.29) is 17.0 Å². The topological polar surface area (TPSA) is 42.9 Å². The fourth-order valence-electron chi connectivity index (χ4n) is 1.92. The van der Waals surface area contributed by atoms with E-state index in [9.17, 15) is 4.79 Å². The van der Waals surface area contributed by atoms with Gasteiger partial charge in [-0.3, -0.25) is 4.79 Å². The van der Waals surface area contributed by atoms with E-state index in [4.69, 9.17) is 0 Å². The lowest BCUT2D eigenvalue weighted by molar-refractivity contribution is 0.0983. The molecule has 2 rings (SSSR count). The number of carbonyl (C=O) groups excluding carboxylic acids is 1. The van der Waals surface area contributed by atoms with Crippen LogP contribution in [0.2, 0.25) is 0 Å². The molecular formula is C17H20N2O. The molecule has 0 unspecified atom stereocenters. The van der Waals surface area contributed by atoms with Crippen molar-refractivity contribution in [3.8, 4) is 0 Å². The largest absolute Gasteiger partial charge is 0.290 e. The fraction of sp³-hybridized carbons (Fsp3) is 0.353. The zero-order valence-electron chi connectivity index (χ0n) is 12.5. The number of ketones is 1. The summed E-state index contributed by atoms with van der Waals surface area (Å²) in [6.45, 7) is 8.42. The van der Waals surface area contributed by atoms with Gasteiger partial charge in [-0.15, -0.1) is 0 Å². The summed E-state index contributed by atoms with van der Waals surface area (Å²) in [5.74, 6) is 0.240. The lowest BCUT2D eigenvalue weighted by atomic mass is 9.86. The van der Waals surface area contributed by atoms with Crippen molar-refractivity contribution in [2.75, 3.05) is 0 Å². The van der Waals surface area contributed by atoms with E-state index in [2.05, 4.69) is 42.9 Å². The highest BCUT2D eigenvalue weighted by Gasteiger charge is 2.14. The van der Waals surface area contributed by atoms with Gasteiger partial charge in [-0.1, -0.05) is 45.0 Å². The molecule has 20 heavy (non-hydrogen) atoms. The molecule has 0 aliphatic rings. The second-order valence-electron chi connectivity index (χ2n) is 6.13. The Bertz CT molecular complexity index is 592. The second kappa shape index (κ2) is 5.53. The maximum atomic E-state index is 12.1. The first kappa shape index (κ1) is 14.4. The number of carbonyl (C=O) groups is 1. The van der Waals surface area contributed by atoms with Crippen LogP contribution in [0.3, 0.4) is 0 Å². The zero-order valence-corrected chi connectivity index (χ0v) is 12.5. The molecule has 0 aliphatic carbocycles. The fourth-order valence-corrected chi connectivity index (χ4v) is 1.92. The first-order chi connectivity index (χ1) is 9.36. The van der Waals surface area contributed by atoms with Gasteiger partial charge in [0.15, 0.2) is 5.82 Å². The van der Waals surface area contributed by atoms with Gasteiger partial charge in [0.2, 0.25) is 5.78 Å². The Balaban J connectivity index is 2.10. The highest BCUT2D eigenvalue weighted by atomic mass is 16.1. The maximum Gasteiger partial charge on any atom is 0.204 e. The Hall–Kier alpha value is -2.03. The van der Waals surface area contributed by atoms with Crippen LogP contribution in [0.25, 0.3) is 0 Å². The normalized spacial score (nSPS) is 11.4. The van der Waals surface area contributed by atoms with Crippen molar-refractivity contribution in [2.45, 2.75) is 39.5 Å². The quantitative estimate of drug-likeness (QED) is 0.800. The summed E-state index contributed by atoms with van der Waals surface area (Å²) in [7, 11) is 0.